The summed E-state index contributed by atoms with van der Waals surface area (Å²) in [5, 5.41) is 0.961. The van der Waals surface area contributed by atoms with Crippen LogP contribution in [0.2, 0.25) is 0 Å². The van der Waals surface area contributed by atoms with Crippen LogP contribution in [0.25, 0.3) is 10.8 Å². The molecule has 0 spiro atoms. The van der Waals surface area contributed by atoms with Gasteiger partial charge in [-0.1, -0.05) is 31.2 Å². The molecule has 0 radical (unpaired) electrons. The molecule has 3 aromatic rings. The first kappa shape index (κ1) is 25.5. The van der Waals surface area contributed by atoms with Gasteiger partial charge < -0.3 is 14.2 Å². The molecule has 1 aliphatic heterocycles. The van der Waals surface area contributed by atoms with E-state index in [1.54, 1.807) is 30.3 Å². The summed E-state index contributed by atoms with van der Waals surface area (Å²) >= 11 is 0. The SMILES string of the molecule is CCCOC1COC(c2ccc3c(F)c(CCc4cc(F)c(C(F)(F)F)c(F)c4)ccc3c2)OC1. The largest absolute Gasteiger partial charge is 0.422 e. The second-order valence-electron chi connectivity index (χ2n) is 8.44. The van der Waals surface area contributed by atoms with E-state index in [4.69, 9.17) is 14.2 Å². The number of hydrogen-bond donors (Lipinski definition) is 0. The van der Waals surface area contributed by atoms with E-state index in [0.29, 0.717) is 42.7 Å². The van der Waals surface area contributed by atoms with Gasteiger partial charge in [-0.25, -0.2) is 13.2 Å². The van der Waals surface area contributed by atoms with E-state index in [0.717, 1.165) is 12.0 Å². The molecule has 0 aliphatic carbocycles. The maximum absolute atomic E-state index is 15.1. The average Bonchev–Trinajstić information content (AvgIpc) is 2.81. The van der Waals surface area contributed by atoms with Gasteiger partial charge in [0.05, 0.1) is 13.2 Å². The smallest absolute Gasteiger partial charge is 0.373 e. The predicted octanol–water partition coefficient (Wildman–Crippen LogP) is 6.90. The minimum atomic E-state index is -5.13. The van der Waals surface area contributed by atoms with Gasteiger partial charge in [0.25, 0.3) is 0 Å². The van der Waals surface area contributed by atoms with Gasteiger partial charge in [0, 0.05) is 17.6 Å². The van der Waals surface area contributed by atoms with Crippen LogP contribution in [-0.4, -0.2) is 25.9 Å². The molecule has 0 atom stereocenters. The fourth-order valence-corrected chi connectivity index (χ4v) is 4.07. The summed E-state index contributed by atoms with van der Waals surface area (Å²) in [4.78, 5) is 0. The van der Waals surface area contributed by atoms with E-state index in [1.165, 1.54) is 0 Å². The molecule has 0 amide bonds. The molecule has 1 saturated heterocycles. The lowest BCUT2D eigenvalue weighted by Gasteiger charge is -2.29. The Kier molecular flexibility index (Phi) is 7.68. The first-order valence-corrected chi connectivity index (χ1v) is 11.3. The van der Waals surface area contributed by atoms with Crippen molar-refractivity contribution in [1.82, 2.24) is 0 Å². The van der Waals surface area contributed by atoms with Crippen LogP contribution in [0.5, 0.6) is 0 Å². The van der Waals surface area contributed by atoms with Gasteiger partial charge in [0.15, 0.2) is 6.29 Å². The summed E-state index contributed by atoms with van der Waals surface area (Å²) in [7, 11) is 0. The van der Waals surface area contributed by atoms with Crippen molar-refractivity contribution < 1.29 is 40.6 Å². The Morgan fingerprint density at radius 1 is 0.914 bits per heavy atom. The molecule has 3 nitrogen and oxygen atoms in total. The lowest BCUT2D eigenvalue weighted by atomic mass is 9.98. The van der Waals surface area contributed by atoms with E-state index in [9.17, 15) is 22.0 Å². The van der Waals surface area contributed by atoms with Gasteiger partial charge in [-0.2, -0.15) is 13.2 Å². The molecule has 1 fully saturated rings. The van der Waals surface area contributed by atoms with E-state index in [1.807, 2.05) is 6.92 Å². The number of aryl methyl sites for hydroxylation is 2. The molecule has 3 aromatic carbocycles. The van der Waals surface area contributed by atoms with Gasteiger partial charge in [-0.3, -0.25) is 0 Å². The third-order valence-corrected chi connectivity index (χ3v) is 5.82. The highest BCUT2D eigenvalue weighted by atomic mass is 19.4. The van der Waals surface area contributed by atoms with E-state index < -0.39 is 35.5 Å². The molecule has 9 heteroatoms. The van der Waals surface area contributed by atoms with Crippen LogP contribution in [0.15, 0.2) is 42.5 Å². The van der Waals surface area contributed by atoms with Crippen molar-refractivity contribution in [2.45, 2.75) is 44.8 Å². The number of ether oxygens (including phenoxy) is 3. The first-order valence-electron chi connectivity index (χ1n) is 11.3. The molecule has 1 heterocycles. The molecule has 0 unspecified atom stereocenters. The molecule has 0 bridgehead atoms. The van der Waals surface area contributed by atoms with E-state index in [-0.39, 0.29) is 30.1 Å². The lowest BCUT2D eigenvalue weighted by Crippen LogP contribution is -2.33. The Labute approximate surface area is 198 Å². The third kappa shape index (κ3) is 5.79. The zero-order valence-corrected chi connectivity index (χ0v) is 18.9. The molecular formula is C26H24F6O3. The Hall–Kier alpha value is -2.62. The number of rotatable bonds is 7. The summed E-state index contributed by atoms with van der Waals surface area (Å²) in [6.45, 7) is 3.42. The average molecular weight is 498 g/mol. The van der Waals surface area contributed by atoms with Crippen LogP contribution < -0.4 is 0 Å². The van der Waals surface area contributed by atoms with Crippen molar-refractivity contribution in [2.75, 3.05) is 19.8 Å². The zero-order valence-electron chi connectivity index (χ0n) is 18.9. The fraction of sp³-hybridized carbons (Fsp3) is 0.385. The van der Waals surface area contributed by atoms with Crippen LogP contribution in [0.4, 0.5) is 26.3 Å². The van der Waals surface area contributed by atoms with Gasteiger partial charge in [-0.05, 0) is 54.0 Å². The monoisotopic (exact) mass is 498 g/mol. The third-order valence-electron chi connectivity index (χ3n) is 5.82. The number of alkyl halides is 3. The Morgan fingerprint density at radius 3 is 2.23 bits per heavy atom. The van der Waals surface area contributed by atoms with Gasteiger partial charge in [0.1, 0.15) is 29.1 Å². The predicted molar refractivity (Wildman–Crippen MR) is 117 cm³/mol. The van der Waals surface area contributed by atoms with Crippen LogP contribution in [0.1, 0.15) is 41.9 Å². The summed E-state index contributed by atoms with van der Waals surface area (Å²) in [5.74, 6) is -3.87. The highest BCUT2D eigenvalue weighted by Gasteiger charge is 2.37. The second kappa shape index (κ2) is 10.6. The molecule has 0 aromatic heterocycles. The minimum absolute atomic E-state index is 0.00987. The Bertz CT molecular complexity index is 1160. The molecule has 0 saturated carbocycles. The van der Waals surface area contributed by atoms with Crippen molar-refractivity contribution in [1.29, 1.82) is 0 Å². The maximum Gasteiger partial charge on any atom is 0.422 e. The first-order chi connectivity index (χ1) is 16.7. The lowest BCUT2D eigenvalue weighted by molar-refractivity contribution is -0.230. The molecule has 1 aliphatic rings. The number of halogens is 6. The molecular weight excluding hydrogens is 474 g/mol. The molecule has 0 N–H and O–H groups in total. The van der Waals surface area contributed by atoms with Gasteiger partial charge in [-0.15, -0.1) is 0 Å². The quantitative estimate of drug-likeness (QED) is 0.332. The van der Waals surface area contributed by atoms with Gasteiger partial charge >= 0.3 is 6.18 Å². The normalized spacial score (nSPS) is 18.8. The van der Waals surface area contributed by atoms with Crippen molar-refractivity contribution >= 4 is 10.8 Å². The topological polar surface area (TPSA) is 27.7 Å². The van der Waals surface area contributed by atoms with E-state index >= 15 is 4.39 Å². The van der Waals surface area contributed by atoms with E-state index in [2.05, 4.69) is 0 Å². The summed E-state index contributed by atoms with van der Waals surface area (Å²) in [5.41, 5.74) is -0.902. The molecule has 35 heavy (non-hydrogen) atoms. The van der Waals surface area contributed by atoms with Crippen molar-refractivity contribution in [3.8, 4) is 0 Å². The second-order valence-corrected chi connectivity index (χ2v) is 8.44. The van der Waals surface area contributed by atoms with Crippen LogP contribution in [0, 0.1) is 17.5 Å². The standard InChI is InChI=1S/C26H24F6O3/c1-2-9-33-19-13-34-25(35-14-19)18-7-8-20-17(12-18)6-5-16(24(20)29)4-3-15-10-21(27)23(22(28)11-15)26(30,31)32/h5-8,10-12,19,25H,2-4,9,13-14H2,1H3. The molecule has 188 valence electrons. The van der Waals surface area contributed by atoms with Crippen molar-refractivity contribution in [3.05, 3.63) is 82.2 Å². The number of benzene rings is 3. The Balaban J connectivity index is 1.46. The fourth-order valence-electron chi connectivity index (χ4n) is 4.07. The zero-order chi connectivity index (χ0) is 25.2. The van der Waals surface area contributed by atoms with Crippen LogP contribution >= 0.6 is 0 Å². The summed E-state index contributed by atoms with van der Waals surface area (Å²) in [6.07, 6.45) is -4.92. The Morgan fingerprint density at radius 2 is 1.60 bits per heavy atom. The van der Waals surface area contributed by atoms with Crippen molar-refractivity contribution in [3.63, 3.8) is 0 Å². The highest BCUT2D eigenvalue weighted by Crippen LogP contribution is 2.34. The summed E-state index contributed by atoms with van der Waals surface area (Å²) in [6, 6.07) is 9.61. The summed E-state index contributed by atoms with van der Waals surface area (Å²) < 4.78 is 98.1. The number of hydrogen-bond acceptors (Lipinski definition) is 3. The highest BCUT2D eigenvalue weighted by molar-refractivity contribution is 5.84. The maximum atomic E-state index is 15.1. The number of fused-ring (bicyclic) bond motifs is 1. The molecule has 4 rings (SSSR count). The van der Waals surface area contributed by atoms with Crippen molar-refractivity contribution in [2.24, 2.45) is 0 Å². The van der Waals surface area contributed by atoms with Crippen LogP contribution in [0.3, 0.4) is 0 Å². The minimum Gasteiger partial charge on any atom is -0.373 e. The van der Waals surface area contributed by atoms with Crippen LogP contribution in [-0.2, 0) is 33.2 Å². The van der Waals surface area contributed by atoms with Gasteiger partial charge in [0.2, 0.25) is 0 Å².